The molecule has 0 radical (unpaired) electrons. The van der Waals surface area contributed by atoms with Gasteiger partial charge in [-0.25, -0.2) is 4.79 Å². The van der Waals surface area contributed by atoms with Gasteiger partial charge in [-0.3, -0.25) is 19.1 Å². The van der Waals surface area contributed by atoms with Crippen molar-refractivity contribution in [2.45, 2.75) is 26.8 Å². The van der Waals surface area contributed by atoms with E-state index in [4.69, 9.17) is 9.47 Å². The van der Waals surface area contributed by atoms with E-state index >= 15 is 0 Å². The summed E-state index contributed by atoms with van der Waals surface area (Å²) >= 11 is 0. The van der Waals surface area contributed by atoms with E-state index in [1.54, 1.807) is 49.2 Å². The fourth-order valence-electron chi connectivity index (χ4n) is 3.99. The number of hydrogen-bond acceptors (Lipinski definition) is 6. The predicted octanol–water partition coefficient (Wildman–Crippen LogP) is 4.11. The summed E-state index contributed by atoms with van der Waals surface area (Å²) in [7, 11) is 1.72. The number of rotatable bonds is 8. The van der Waals surface area contributed by atoms with Gasteiger partial charge in [0, 0.05) is 37.2 Å². The third-order valence-corrected chi connectivity index (χ3v) is 6.06. The highest BCUT2D eigenvalue weighted by molar-refractivity contribution is 6.05. The lowest BCUT2D eigenvalue weighted by Crippen LogP contribution is -2.30. The molecule has 0 aliphatic rings. The predicted molar refractivity (Wildman–Crippen MR) is 140 cm³/mol. The van der Waals surface area contributed by atoms with Gasteiger partial charge in [0.2, 0.25) is 5.91 Å². The summed E-state index contributed by atoms with van der Waals surface area (Å²) in [5.41, 5.74) is 1.01. The van der Waals surface area contributed by atoms with Crippen LogP contribution in [0.4, 0.5) is 5.69 Å². The Morgan fingerprint density at radius 2 is 1.81 bits per heavy atom. The van der Waals surface area contributed by atoms with Gasteiger partial charge < -0.3 is 14.4 Å². The molecular weight excluding hydrogens is 472 g/mol. The summed E-state index contributed by atoms with van der Waals surface area (Å²) in [6, 6.07) is 17.7. The number of amides is 1. The Labute approximate surface area is 213 Å². The van der Waals surface area contributed by atoms with Crippen LogP contribution in [0.2, 0.25) is 0 Å². The van der Waals surface area contributed by atoms with Crippen LogP contribution >= 0.6 is 0 Å². The van der Waals surface area contributed by atoms with Crippen LogP contribution in [-0.2, 0) is 11.3 Å². The summed E-state index contributed by atoms with van der Waals surface area (Å²) in [6.45, 7) is 4.09. The van der Waals surface area contributed by atoms with Gasteiger partial charge in [-0.1, -0.05) is 25.1 Å². The molecule has 1 heterocycles. The van der Waals surface area contributed by atoms with E-state index in [1.165, 1.54) is 16.8 Å². The average Bonchev–Trinajstić information content (AvgIpc) is 2.91. The first-order valence-corrected chi connectivity index (χ1v) is 11.8. The van der Waals surface area contributed by atoms with Gasteiger partial charge in [0.15, 0.2) is 11.5 Å². The van der Waals surface area contributed by atoms with Crippen molar-refractivity contribution in [3.8, 4) is 23.3 Å². The van der Waals surface area contributed by atoms with Gasteiger partial charge in [0.1, 0.15) is 12.4 Å². The number of anilines is 1. The molecule has 0 atom stereocenters. The molecule has 1 aromatic heterocycles. The summed E-state index contributed by atoms with van der Waals surface area (Å²) in [4.78, 5) is 39.5. The SMILES string of the molecule is CCC(=O)N(C)c1cc(Oc2ccccc2OCCn2ccc(=O)[nH]c2=O)c(C)c2cc(C#N)ccc12. The number of aromatic amines is 1. The number of ether oxygens (including phenoxy) is 2. The number of fused-ring (bicyclic) bond motifs is 1. The fourth-order valence-corrected chi connectivity index (χ4v) is 3.99. The normalized spacial score (nSPS) is 10.6. The van der Waals surface area contributed by atoms with Gasteiger partial charge in [-0.15, -0.1) is 0 Å². The minimum Gasteiger partial charge on any atom is -0.488 e. The number of carbonyl (C=O) groups is 1. The monoisotopic (exact) mass is 498 g/mol. The van der Waals surface area contributed by atoms with Crippen LogP contribution in [0.5, 0.6) is 17.2 Å². The number of nitrogens with zero attached hydrogens (tertiary/aromatic N) is 3. The van der Waals surface area contributed by atoms with Crippen LogP contribution in [0.3, 0.4) is 0 Å². The molecule has 0 bridgehead atoms. The second-order valence-electron chi connectivity index (χ2n) is 8.40. The number of para-hydroxylation sites is 2. The molecular formula is C28H26N4O5. The van der Waals surface area contributed by atoms with Crippen LogP contribution in [0.1, 0.15) is 24.5 Å². The number of nitriles is 1. The van der Waals surface area contributed by atoms with Gasteiger partial charge in [0.05, 0.1) is 23.9 Å². The van der Waals surface area contributed by atoms with Crippen LogP contribution in [0.15, 0.2) is 70.4 Å². The van der Waals surface area contributed by atoms with Crippen molar-refractivity contribution in [3.05, 3.63) is 92.8 Å². The third-order valence-electron chi connectivity index (χ3n) is 6.06. The number of aromatic nitrogens is 2. The number of aryl methyl sites for hydroxylation is 1. The van der Waals surface area contributed by atoms with Crippen LogP contribution in [0, 0.1) is 18.3 Å². The summed E-state index contributed by atoms with van der Waals surface area (Å²) in [5.74, 6) is 1.37. The molecule has 0 saturated heterocycles. The molecule has 9 heteroatoms. The van der Waals surface area contributed by atoms with E-state index in [1.807, 2.05) is 25.1 Å². The largest absolute Gasteiger partial charge is 0.488 e. The van der Waals surface area contributed by atoms with Crippen molar-refractivity contribution in [2.75, 3.05) is 18.6 Å². The highest BCUT2D eigenvalue weighted by Gasteiger charge is 2.18. The molecule has 1 N–H and O–H groups in total. The van der Waals surface area contributed by atoms with Crippen molar-refractivity contribution in [1.29, 1.82) is 5.26 Å². The number of nitrogens with one attached hydrogen (secondary N) is 1. The quantitative estimate of drug-likeness (QED) is 0.391. The molecule has 3 aromatic carbocycles. The fraction of sp³-hybridized carbons (Fsp3) is 0.214. The zero-order valence-corrected chi connectivity index (χ0v) is 20.8. The lowest BCUT2D eigenvalue weighted by atomic mass is 9.99. The molecule has 37 heavy (non-hydrogen) atoms. The standard InChI is InChI=1S/C28H26N4O5/c1-4-27(34)31(3)22-16-25(18(2)21-15-19(17-29)9-10-20(21)22)37-24-8-6-5-7-23(24)36-14-13-32-12-11-26(33)30-28(32)35/h5-12,15-16H,4,13-14H2,1-3H3,(H,30,33,35). The third kappa shape index (κ3) is 5.38. The molecule has 0 fully saturated rings. The Morgan fingerprint density at radius 1 is 1.05 bits per heavy atom. The Balaban J connectivity index is 1.68. The van der Waals surface area contributed by atoms with Gasteiger partial charge in [-0.05, 0) is 42.1 Å². The highest BCUT2D eigenvalue weighted by Crippen LogP contribution is 2.40. The molecule has 0 aliphatic heterocycles. The number of benzene rings is 3. The zero-order chi connectivity index (χ0) is 26.5. The van der Waals surface area contributed by atoms with E-state index < -0.39 is 11.2 Å². The van der Waals surface area contributed by atoms with Gasteiger partial charge in [-0.2, -0.15) is 5.26 Å². The van der Waals surface area contributed by atoms with Crippen molar-refractivity contribution in [1.82, 2.24) is 9.55 Å². The topological polar surface area (TPSA) is 117 Å². The molecule has 4 aromatic rings. The van der Waals surface area contributed by atoms with E-state index in [9.17, 15) is 19.6 Å². The first kappa shape index (κ1) is 25.3. The van der Waals surface area contributed by atoms with E-state index in [0.29, 0.717) is 34.9 Å². The highest BCUT2D eigenvalue weighted by atomic mass is 16.5. The van der Waals surface area contributed by atoms with Gasteiger partial charge >= 0.3 is 5.69 Å². The van der Waals surface area contributed by atoms with E-state index in [0.717, 1.165) is 16.3 Å². The summed E-state index contributed by atoms with van der Waals surface area (Å²) < 4.78 is 13.6. The number of hydrogen-bond donors (Lipinski definition) is 1. The Hall–Kier alpha value is -4.84. The van der Waals surface area contributed by atoms with Crippen molar-refractivity contribution in [3.63, 3.8) is 0 Å². The molecule has 4 rings (SSSR count). The Bertz CT molecular complexity index is 1630. The lowest BCUT2D eigenvalue weighted by molar-refractivity contribution is -0.118. The maximum absolute atomic E-state index is 12.5. The minimum absolute atomic E-state index is 0.0540. The van der Waals surface area contributed by atoms with E-state index in [2.05, 4.69) is 11.1 Å². The average molecular weight is 499 g/mol. The van der Waals surface area contributed by atoms with E-state index in [-0.39, 0.29) is 19.1 Å². The molecule has 0 spiro atoms. The second-order valence-corrected chi connectivity index (χ2v) is 8.40. The van der Waals surface area contributed by atoms with Crippen molar-refractivity contribution < 1.29 is 14.3 Å². The second kappa shape index (κ2) is 10.8. The van der Waals surface area contributed by atoms with Crippen molar-refractivity contribution >= 4 is 22.4 Å². The molecule has 188 valence electrons. The van der Waals surface area contributed by atoms with Gasteiger partial charge in [0.25, 0.3) is 5.56 Å². The molecule has 0 aliphatic carbocycles. The first-order valence-electron chi connectivity index (χ1n) is 11.8. The number of H-pyrrole nitrogens is 1. The van der Waals surface area contributed by atoms with Crippen LogP contribution < -0.4 is 25.6 Å². The summed E-state index contributed by atoms with van der Waals surface area (Å²) in [5, 5.41) is 11.1. The lowest BCUT2D eigenvalue weighted by Gasteiger charge is -2.22. The molecule has 0 unspecified atom stereocenters. The van der Waals surface area contributed by atoms with Crippen LogP contribution in [0.25, 0.3) is 10.8 Å². The zero-order valence-electron chi connectivity index (χ0n) is 20.8. The molecule has 0 saturated carbocycles. The smallest absolute Gasteiger partial charge is 0.328 e. The Morgan fingerprint density at radius 3 is 2.51 bits per heavy atom. The molecule has 1 amide bonds. The number of carbonyl (C=O) groups excluding carboxylic acids is 1. The maximum Gasteiger partial charge on any atom is 0.328 e. The Kier molecular flexibility index (Phi) is 7.39. The van der Waals surface area contributed by atoms with Crippen LogP contribution in [-0.4, -0.2) is 29.1 Å². The summed E-state index contributed by atoms with van der Waals surface area (Å²) in [6.07, 6.45) is 1.75. The van der Waals surface area contributed by atoms with Crippen molar-refractivity contribution in [2.24, 2.45) is 0 Å². The minimum atomic E-state index is -0.512. The molecule has 9 nitrogen and oxygen atoms in total. The first-order chi connectivity index (χ1) is 17.8. The maximum atomic E-state index is 12.5.